The van der Waals surface area contributed by atoms with Gasteiger partial charge >= 0.3 is 0 Å². The number of pyridine rings is 1. The van der Waals surface area contributed by atoms with Crippen LogP contribution in [0.3, 0.4) is 0 Å². The summed E-state index contributed by atoms with van der Waals surface area (Å²) in [4.78, 5) is 27.8. The number of hydrogen-bond acceptors (Lipinski definition) is 6. The summed E-state index contributed by atoms with van der Waals surface area (Å²) in [5.41, 5.74) is 6.29. The average molecular weight is 522 g/mol. The number of nitrogens with two attached hydrogens (primary N) is 1. The van der Waals surface area contributed by atoms with Crippen molar-refractivity contribution in [1.82, 2.24) is 9.88 Å². The highest BCUT2D eigenvalue weighted by Gasteiger charge is 2.72. The number of amides is 1. The van der Waals surface area contributed by atoms with E-state index in [0.717, 1.165) is 12.8 Å². The van der Waals surface area contributed by atoms with Gasteiger partial charge in [-0.05, 0) is 56.0 Å². The second-order valence-electron chi connectivity index (χ2n) is 10.2. The number of rotatable bonds is 4. The first-order valence-electron chi connectivity index (χ1n) is 12.2. The molecule has 6 rings (SSSR count). The Kier molecular flexibility index (Phi) is 5.62. The fourth-order valence-electron chi connectivity index (χ4n) is 6.07. The van der Waals surface area contributed by atoms with Crippen LogP contribution in [0.1, 0.15) is 43.0 Å². The molecule has 37 heavy (non-hydrogen) atoms. The van der Waals surface area contributed by atoms with Crippen LogP contribution in [0.15, 0.2) is 41.5 Å². The smallest absolute Gasteiger partial charge is 0.240 e. The third-order valence-electron chi connectivity index (χ3n) is 8.01. The highest BCUT2D eigenvalue weighted by molar-refractivity contribution is 8.15. The minimum absolute atomic E-state index is 0.0406. The summed E-state index contributed by atoms with van der Waals surface area (Å²) >= 11 is 1.29. The van der Waals surface area contributed by atoms with Crippen molar-refractivity contribution in [2.45, 2.75) is 48.6 Å². The number of nitrogens with zero attached hydrogens (tertiary/aromatic N) is 4. The molecule has 10 heteroatoms. The molecule has 2 saturated heterocycles. The Hall–Kier alpha value is -3.29. The normalized spacial score (nSPS) is 32.4. The second kappa shape index (κ2) is 8.64. The van der Waals surface area contributed by atoms with Gasteiger partial charge in [0.15, 0.2) is 5.17 Å². The molecule has 0 spiro atoms. The number of halogens is 2. The van der Waals surface area contributed by atoms with Crippen molar-refractivity contribution >= 4 is 40.4 Å². The van der Waals surface area contributed by atoms with E-state index >= 15 is 4.39 Å². The first-order chi connectivity index (χ1) is 17.7. The Balaban J connectivity index is 1.33. The number of aromatic nitrogens is 1. The van der Waals surface area contributed by atoms with Crippen molar-refractivity contribution in [2.75, 3.05) is 13.2 Å². The molecular weight excluding hydrogens is 496 g/mol. The zero-order valence-corrected chi connectivity index (χ0v) is 21.0. The minimum atomic E-state index is -1.07. The van der Waals surface area contributed by atoms with E-state index in [1.165, 1.54) is 48.3 Å². The van der Waals surface area contributed by atoms with Gasteiger partial charge in [0.05, 0.1) is 43.1 Å². The van der Waals surface area contributed by atoms with E-state index in [-0.39, 0.29) is 40.3 Å². The third kappa shape index (κ3) is 3.83. The molecule has 190 valence electrons. The molecule has 1 aromatic carbocycles. The molecule has 2 N–H and O–H groups in total. The molecule has 1 saturated carbocycles. The van der Waals surface area contributed by atoms with E-state index in [1.807, 2.05) is 4.90 Å². The lowest BCUT2D eigenvalue weighted by molar-refractivity contribution is -0.141. The van der Waals surface area contributed by atoms with E-state index in [0.29, 0.717) is 30.9 Å². The Morgan fingerprint density at radius 3 is 2.73 bits per heavy atom. The lowest BCUT2D eigenvalue weighted by Crippen LogP contribution is -2.54. The van der Waals surface area contributed by atoms with Crippen molar-refractivity contribution in [1.29, 1.82) is 0 Å². The summed E-state index contributed by atoms with van der Waals surface area (Å²) in [5, 5.41) is 0.251. The number of benzene rings is 1. The predicted octanol–water partition coefficient (Wildman–Crippen LogP) is 4.66. The lowest BCUT2D eigenvalue weighted by atomic mass is 9.84. The highest BCUT2D eigenvalue weighted by Crippen LogP contribution is 2.67. The average Bonchev–Trinajstić information content (AvgIpc) is 3.59. The predicted molar refractivity (Wildman–Crippen MR) is 138 cm³/mol. The van der Waals surface area contributed by atoms with E-state index < -0.39 is 21.9 Å². The summed E-state index contributed by atoms with van der Waals surface area (Å²) in [6.07, 6.45) is 4.96. The highest BCUT2D eigenvalue weighted by atomic mass is 32.2. The van der Waals surface area contributed by atoms with Gasteiger partial charge in [0.25, 0.3) is 0 Å². The molecule has 2 unspecified atom stereocenters. The number of carbonyl (C=O) groups excluding carboxylic acids is 1. The minimum Gasteiger partial charge on any atom is -0.378 e. The van der Waals surface area contributed by atoms with Crippen molar-refractivity contribution < 1.29 is 18.3 Å². The number of morpholine rings is 1. The first kappa shape index (κ1) is 24.1. The number of amidine groups is 1. The SMILES string of the molecule is [C-]#[N+]c1ccc(/C(F)=C/c2ccc(F)c([C@@]3(C)N=C(N)S[C@@]4(C(=O)N5C6CCC5COC6)C[C@H]43)c2)nc1. The molecule has 7 nitrogen and oxygen atoms in total. The summed E-state index contributed by atoms with van der Waals surface area (Å²) in [5.74, 6) is -1.30. The number of carbonyl (C=O) groups is 1. The van der Waals surface area contributed by atoms with Gasteiger partial charge in [0, 0.05) is 17.7 Å². The molecule has 1 aliphatic carbocycles. The molecular formula is C27H25F2N5O2S. The summed E-state index contributed by atoms with van der Waals surface area (Å²) < 4.78 is 35.1. The van der Waals surface area contributed by atoms with Crippen LogP contribution in [0.25, 0.3) is 16.7 Å². The molecule has 4 aliphatic rings. The monoisotopic (exact) mass is 521 g/mol. The van der Waals surface area contributed by atoms with Gasteiger partial charge in [0.1, 0.15) is 16.4 Å². The molecule has 0 radical (unpaired) electrons. The maximum absolute atomic E-state index is 15.3. The van der Waals surface area contributed by atoms with Crippen LogP contribution < -0.4 is 5.73 Å². The molecule has 3 fully saturated rings. The Morgan fingerprint density at radius 1 is 1.30 bits per heavy atom. The van der Waals surface area contributed by atoms with Gasteiger partial charge in [-0.3, -0.25) is 14.8 Å². The quantitative estimate of drug-likeness (QED) is 0.592. The molecule has 5 atom stereocenters. The van der Waals surface area contributed by atoms with Gasteiger partial charge < -0.3 is 15.4 Å². The molecule has 1 amide bonds. The standard InChI is InChI=1S/C27H25F2N5O2S/c1-26(19-9-15(3-7-20(19)28)10-21(29)22-8-4-16(31-2)12-32-22)23-11-27(23,37-25(30)33-26)24(35)34-17-5-6-18(34)14-36-13-17/h3-4,7-10,12,17-18,23H,5-6,11,13-14H2,1H3,(H2,30,33)/b21-10-/t17?,18?,23-,26+,27-/m0/s1. The molecule has 2 aromatic rings. The Morgan fingerprint density at radius 2 is 2.05 bits per heavy atom. The van der Waals surface area contributed by atoms with Crippen LogP contribution >= 0.6 is 11.8 Å². The zero-order chi connectivity index (χ0) is 25.9. The van der Waals surface area contributed by atoms with Crippen LogP contribution in [-0.2, 0) is 15.1 Å². The maximum Gasteiger partial charge on any atom is 0.240 e. The van der Waals surface area contributed by atoms with Crippen molar-refractivity contribution in [3.63, 3.8) is 0 Å². The number of fused-ring (bicyclic) bond motifs is 3. The van der Waals surface area contributed by atoms with E-state index in [2.05, 4.69) is 14.8 Å². The molecule has 1 aromatic heterocycles. The van der Waals surface area contributed by atoms with Crippen LogP contribution in [0.2, 0.25) is 0 Å². The van der Waals surface area contributed by atoms with Gasteiger partial charge in [0.2, 0.25) is 11.6 Å². The fourth-order valence-corrected chi connectivity index (χ4v) is 7.49. The van der Waals surface area contributed by atoms with E-state index in [9.17, 15) is 9.18 Å². The molecule has 3 aliphatic heterocycles. The van der Waals surface area contributed by atoms with Crippen LogP contribution in [0.4, 0.5) is 14.5 Å². The number of aliphatic imine (C=N–C) groups is 1. The molecule has 4 heterocycles. The maximum atomic E-state index is 15.3. The summed E-state index contributed by atoms with van der Waals surface area (Å²) in [6.45, 7) is 9.89. The Labute approximate surface area is 217 Å². The van der Waals surface area contributed by atoms with Gasteiger partial charge in [-0.15, -0.1) is 0 Å². The second-order valence-corrected chi connectivity index (χ2v) is 11.6. The van der Waals surface area contributed by atoms with Crippen LogP contribution in [-0.4, -0.2) is 51.0 Å². The van der Waals surface area contributed by atoms with Crippen molar-refractivity contribution in [3.05, 3.63) is 70.6 Å². The number of thioether (sulfide) groups is 1. The summed E-state index contributed by atoms with van der Waals surface area (Å²) in [6, 6.07) is 7.40. The van der Waals surface area contributed by atoms with Crippen molar-refractivity contribution in [3.8, 4) is 0 Å². The fraction of sp³-hybridized carbons (Fsp3) is 0.407. The van der Waals surface area contributed by atoms with Gasteiger partial charge in [-0.25, -0.2) is 13.6 Å². The lowest BCUT2D eigenvalue weighted by Gasteiger charge is -2.40. The van der Waals surface area contributed by atoms with Gasteiger partial charge in [-0.1, -0.05) is 23.9 Å². The third-order valence-corrected chi connectivity index (χ3v) is 9.30. The zero-order valence-electron chi connectivity index (χ0n) is 20.2. The van der Waals surface area contributed by atoms with E-state index in [4.69, 9.17) is 17.0 Å². The van der Waals surface area contributed by atoms with Gasteiger partial charge in [-0.2, -0.15) is 0 Å². The molecule has 2 bridgehead atoms. The van der Waals surface area contributed by atoms with Crippen molar-refractivity contribution in [2.24, 2.45) is 16.6 Å². The number of hydrogen-bond donors (Lipinski definition) is 1. The Bertz CT molecular complexity index is 1370. The van der Waals surface area contributed by atoms with Crippen LogP contribution in [0, 0.1) is 18.3 Å². The van der Waals surface area contributed by atoms with E-state index in [1.54, 1.807) is 13.0 Å². The first-order valence-corrected chi connectivity index (χ1v) is 13.0. The topological polar surface area (TPSA) is 85.2 Å². The number of ether oxygens (including phenoxy) is 1. The largest absolute Gasteiger partial charge is 0.378 e. The van der Waals surface area contributed by atoms with Crippen LogP contribution in [0.5, 0.6) is 0 Å². The summed E-state index contributed by atoms with van der Waals surface area (Å²) in [7, 11) is 0.